The van der Waals surface area contributed by atoms with Gasteiger partial charge in [0.2, 0.25) is 0 Å². The molecule has 1 nitrogen and oxygen atoms in total. The van der Waals surface area contributed by atoms with E-state index >= 15 is 0 Å². The average molecular weight is 680 g/mol. The van der Waals surface area contributed by atoms with Crippen LogP contribution >= 0.6 is 0 Å². The number of fused-ring (bicyclic) bond motifs is 8. The lowest BCUT2D eigenvalue weighted by atomic mass is 9.79. The van der Waals surface area contributed by atoms with E-state index in [1.54, 1.807) is 0 Å². The molecule has 10 rings (SSSR count). The highest BCUT2D eigenvalue weighted by molar-refractivity contribution is 6.07. The third-order valence-corrected chi connectivity index (χ3v) is 12.0. The molecule has 1 heteroatoms. The standard InChI is InChI=1S/C52H41N/c1-51(2)45-21-13-11-19-42(45)43-30-28-40(33-47(43)51)53(39-26-23-36(24-27-39)34-15-7-5-8-16-34)48-32-38-31-37(35-17-9-6-10-18-35)25-29-41(38)50-49(48)44-20-12-14-22-46(44)52(50,3)4/h5-33H,1-4H3. The van der Waals surface area contributed by atoms with E-state index in [0.717, 1.165) is 5.69 Å². The van der Waals surface area contributed by atoms with E-state index in [1.807, 2.05) is 0 Å². The quantitative estimate of drug-likeness (QED) is 0.175. The van der Waals surface area contributed by atoms with Crippen LogP contribution in [0.25, 0.3) is 55.3 Å². The van der Waals surface area contributed by atoms with Gasteiger partial charge in [-0.05, 0) is 108 Å². The van der Waals surface area contributed by atoms with E-state index in [2.05, 4.69) is 209 Å². The summed E-state index contributed by atoms with van der Waals surface area (Å²) in [4.78, 5) is 2.53. The van der Waals surface area contributed by atoms with Crippen molar-refractivity contribution < 1.29 is 0 Å². The molecule has 0 atom stereocenters. The highest BCUT2D eigenvalue weighted by Gasteiger charge is 2.40. The number of hydrogen-bond donors (Lipinski definition) is 0. The van der Waals surface area contributed by atoms with Crippen molar-refractivity contribution in [2.24, 2.45) is 0 Å². The summed E-state index contributed by atoms with van der Waals surface area (Å²) in [6.07, 6.45) is 0. The van der Waals surface area contributed by atoms with Crippen LogP contribution in [0.1, 0.15) is 49.9 Å². The molecule has 0 saturated carbocycles. The lowest BCUT2D eigenvalue weighted by molar-refractivity contribution is 0.660. The molecule has 0 fully saturated rings. The van der Waals surface area contributed by atoms with Gasteiger partial charge < -0.3 is 4.90 Å². The van der Waals surface area contributed by atoms with Crippen molar-refractivity contribution in [1.29, 1.82) is 0 Å². The van der Waals surface area contributed by atoms with Gasteiger partial charge in [0.25, 0.3) is 0 Å². The SMILES string of the molecule is CC1(C)c2ccccc2-c2ccc(N(c3ccc(-c4ccccc4)cc3)c3cc4cc(-c5ccccc5)ccc4c4c3-c3ccccc3C4(C)C)cc21. The fraction of sp³-hybridized carbons (Fsp3) is 0.115. The van der Waals surface area contributed by atoms with E-state index in [-0.39, 0.29) is 10.8 Å². The van der Waals surface area contributed by atoms with Gasteiger partial charge in [0.05, 0.1) is 5.69 Å². The Labute approximate surface area is 312 Å². The molecule has 0 aliphatic heterocycles. The summed E-state index contributed by atoms with van der Waals surface area (Å²) in [5, 5.41) is 2.57. The third-order valence-electron chi connectivity index (χ3n) is 12.0. The summed E-state index contributed by atoms with van der Waals surface area (Å²) in [5.41, 5.74) is 18.9. The van der Waals surface area contributed by atoms with Crippen LogP contribution in [0, 0.1) is 0 Å². The molecule has 0 bridgehead atoms. The average Bonchev–Trinajstić information content (AvgIpc) is 3.59. The van der Waals surface area contributed by atoms with E-state index in [4.69, 9.17) is 0 Å². The molecule has 0 spiro atoms. The number of rotatable bonds is 5. The molecule has 2 aliphatic carbocycles. The van der Waals surface area contributed by atoms with Crippen LogP contribution in [-0.2, 0) is 10.8 Å². The Morgan fingerprint density at radius 3 is 1.60 bits per heavy atom. The van der Waals surface area contributed by atoms with Gasteiger partial charge >= 0.3 is 0 Å². The maximum absolute atomic E-state index is 2.53. The lowest BCUT2D eigenvalue weighted by Gasteiger charge is -2.31. The maximum atomic E-state index is 2.53. The predicted molar refractivity (Wildman–Crippen MR) is 225 cm³/mol. The first-order valence-corrected chi connectivity index (χ1v) is 18.8. The molecule has 8 aromatic rings. The largest absolute Gasteiger partial charge is 0.310 e. The van der Waals surface area contributed by atoms with E-state index in [9.17, 15) is 0 Å². The van der Waals surface area contributed by atoms with Gasteiger partial charge in [0.15, 0.2) is 0 Å². The molecule has 0 radical (unpaired) electrons. The first-order valence-electron chi connectivity index (χ1n) is 18.8. The van der Waals surface area contributed by atoms with Crippen molar-refractivity contribution in [3.8, 4) is 44.5 Å². The highest BCUT2D eigenvalue weighted by atomic mass is 15.1. The molecular formula is C52H41N. The molecule has 53 heavy (non-hydrogen) atoms. The first kappa shape index (κ1) is 31.5. The molecule has 0 amide bonds. The van der Waals surface area contributed by atoms with Crippen LogP contribution in [0.15, 0.2) is 176 Å². The van der Waals surface area contributed by atoms with Crippen LogP contribution in [-0.4, -0.2) is 0 Å². The number of benzene rings is 8. The Balaban J connectivity index is 1.26. The van der Waals surface area contributed by atoms with Gasteiger partial charge in [-0.25, -0.2) is 0 Å². The van der Waals surface area contributed by atoms with Crippen LogP contribution in [0.5, 0.6) is 0 Å². The van der Waals surface area contributed by atoms with Crippen molar-refractivity contribution in [2.75, 3.05) is 4.90 Å². The molecular weight excluding hydrogens is 639 g/mol. The highest BCUT2D eigenvalue weighted by Crippen LogP contribution is 2.58. The summed E-state index contributed by atoms with van der Waals surface area (Å²) >= 11 is 0. The van der Waals surface area contributed by atoms with Gasteiger partial charge in [-0.15, -0.1) is 0 Å². The monoisotopic (exact) mass is 679 g/mol. The van der Waals surface area contributed by atoms with Crippen molar-refractivity contribution in [1.82, 2.24) is 0 Å². The van der Waals surface area contributed by atoms with E-state index < -0.39 is 0 Å². The van der Waals surface area contributed by atoms with Crippen molar-refractivity contribution in [3.63, 3.8) is 0 Å². The lowest BCUT2D eigenvalue weighted by Crippen LogP contribution is -2.18. The summed E-state index contributed by atoms with van der Waals surface area (Å²) in [5.74, 6) is 0. The van der Waals surface area contributed by atoms with Gasteiger partial charge in [-0.1, -0.05) is 167 Å². The zero-order valence-electron chi connectivity index (χ0n) is 30.7. The van der Waals surface area contributed by atoms with Crippen LogP contribution in [0.2, 0.25) is 0 Å². The Hall–Kier alpha value is -6.18. The number of nitrogens with zero attached hydrogens (tertiary/aromatic N) is 1. The first-order chi connectivity index (χ1) is 25.8. The Bertz CT molecular complexity index is 2700. The minimum atomic E-state index is -0.182. The number of hydrogen-bond acceptors (Lipinski definition) is 1. The van der Waals surface area contributed by atoms with Gasteiger partial charge in [0.1, 0.15) is 0 Å². The van der Waals surface area contributed by atoms with Gasteiger partial charge in [0, 0.05) is 27.8 Å². The Morgan fingerprint density at radius 2 is 0.906 bits per heavy atom. The van der Waals surface area contributed by atoms with Crippen molar-refractivity contribution >= 4 is 27.8 Å². The summed E-state index contributed by atoms with van der Waals surface area (Å²) in [6.45, 7) is 9.55. The second-order valence-electron chi connectivity index (χ2n) is 15.8. The van der Waals surface area contributed by atoms with E-state index in [0.29, 0.717) is 0 Å². The summed E-state index contributed by atoms with van der Waals surface area (Å²) < 4.78 is 0. The Morgan fingerprint density at radius 1 is 0.377 bits per heavy atom. The van der Waals surface area contributed by atoms with Crippen molar-refractivity contribution in [3.05, 3.63) is 198 Å². The van der Waals surface area contributed by atoms with Crippen LogP contribution < -0.4 is 4.90 Å². The minimum Gasteiger partial charge on any atom is -0.310 e. The molecule has 0 aromatic heterocycles. The summed E-state index contributed by atoms with van der Waals surface area (Å²) in [6, 6.07) is 65.2. The zero-order chi connectivity index (χ0) is 35.9. The minimum absolute atomic E-state index is 0.116. The molecule has 8 aromatic carbocycles. The molecule has 2 aliphatic rings. The van der Waals surface area contributed by atoms with Crippen molar-refractivity contribution in [2.45, 2.75) is 38.5 Å². The fourth-order valence-electron chi connectivity index (χ4n) is 9.37. The normalized spacial score (nSPS) is 14.3. The molecule has 0 saturated heterocycles. The molecule has 254 valence electrons. The topological polar surface area (TPSA) is 3.24 Å². The van der Waals surface area contributed by atoms with E-state index in [1.165, 1.54) is 88.9 Å². The Kier molecular flexibility index (Phi) is 6.94. The van der Waals surface area contributed by atoms with Crippen LogP contribution in [0.4, 0.5) is 17.1 Å². The number of anilines is 3. The van der Waals surface area contributed by atoms with Crippen LogP contribution in [0.3, 0.4) is 0 Å². The fourth-order valence-corrected chi connectivity index (χ4v) is 9.37. The van der Waals surface area contributed by atoms with Gasteiger partial charge in [-0.3, -0.25) is 0 Å². The summed E-state index contributed by atoms with van der Waals surface area (Å²) in [7, 11) is 0. The van der Waals surface area contributed by atoms with Gasteiger partial charge in [-0.2, -0.15) is 0 Å². The zero-order valence-corrected chi connectivity index (χ0v) is 30.7. The maximum Gasteiger partial charge on any atom is 0.0549 e. The second-order valence-corrected chi connectivity index (χ2v) is 15.8. The molecule has 0 unspecified atom stereocenters. The molecule has 0 N–H and O–H groups in total. The predicted octanol–water partition coefficient (Wildman–Crippen LogP) is 14.3. The second kappa shape index (κ2) is 11.7. The smallest absolute Gasteiger partial charge is 0.0549 e. The molecule has 0 heterocycles. The third kappa shape index (κ3) is 4.77.